The number of rotatable bonds is 11. The minimum Gasteiger partial charge on any atom is -0.493 e. The topological polar surface area (TPSA) is 93.6 Å². The number of anilines is 1. The van der Waals surface area contributed by atoms with Crippen LogP contribution in [0.4, 0.5) is 22.7 Å². The third-order valence-corrected chi connectivity index (χ3v) is 7.10. The molecule has 0 fully saturated rings. The van der Waals surface area contributed by atoms with Crippen LogP contribution in [0.2, 0.25) is 0 Å². The number of nitrogens with zero attached hydrogens (tertiary/aromatic N) is 3. The van der Waals surface area contributed by atoms with Crippen molar-refractivity contribution in [3.05, 3.63) is 89.2 Å². The standard InChI is InChI=1S/C29H26F4N4O4S/c1-40-23-11-6-18(16-24(23)41-2)12-14-37(27(39)20-4-3-5-22(30)17-20)15-13-25(38)34-28-36-35-26(42-28)19-7-9-21(10-8-19)29(31,32)33/h3-11,16-17H,12-15H2,1-2H3,(H,34,36,38). The highest BCUT2D eigenvalue weighted by Gasteiger charge is 2.30. The van der Waals surface area contributed by atoms with Gasteiger partial charge in [0.15, 0.2) is 11.5 Å². The number of methoxy groups -OCH3 is 2. The maximum atomic E-state index is 13.8. The smallest absolute Gasteiger partial charge is 0.416 e. The van der Waals surface area contributed by atoms with E-state index in [1.54, 1.807) is 12.1 Å². The number of carbonyl (C=O) groups is 2. The third-order valence-electron chi connectivity index (χ3n) is 6.22. The molecule has 4 aromatic rings. The van der Waals surface area contributed by atoms with E-state index in [0.717, 1.165) is 35.1 Å². The van der Waals surface area contributed by atoms with E-state index >= 15 is 0 Å². The molecule has 0 aliphatic rings. The predicted molar refractivity (Wildman–Crippen MR) is 149 cm³/mol. The van der Waals surface area contributed by atoms with E-state index < -0.39 is 29.4 Å². The molecule has 2 amide bonds. The summed E-state index contributed by atoms with van der Waals surface area (Å²) >= 11 is 1.00. The lowest BCUT2D eigenvalue weighted by Crippen LogP contribution is -2.35. The van der Waals surface area contributed by atoms with Gasteiger partial charge in [0.05, 0.1) is 19.8 Å². The van der Waals surface area contributed by atoms with E-state index in [1.165, 1.54) is 49.5 Å². The molecule has 0 radical (unpaired) electrons. The van der Waals surface area contributed by atoms with Gasteiger partial charge in [-0.3, -0.25) is 9.59 Å². The summed E-state index contributed by atoms with van der Waals surface area (Å²) in [6, 6.07) is 15.1. The quantitative estimate of drug-likeness (QED) is 0.209. The molecule has 0 bridgehead atoms. The fourth-order valence-electron chi connectivity index (χ4n) is 4.03. The van der Waals surface area contributed by atoms with E-state index in [4.69, 9.17) is 9.47 Å². The van der Waals surface area contributed by atoms with Crippen LogP contribution in [-0.4, -0.2) is 54.2 Å². The van der Waals surface area contributed by atoms with Crippen LogP contribution in [0.5, 0.6) is 11.5 Å². The highest BCUT2D eigenvalue weighted by molar-refractivity contribution is 7.18. The van der Waals surface area contributed by atoms with Gasteiger partial charge in [0.2, 0.25) is 11.0 Å². The van der Waals surface area contributed by atoms with Crippen molar-refractivity contribution in [1.29, 1.82) is 0 Å². The second-order valence-electron chi connectivity index (χ2n) is 9.03. The Hall–Kier alpha value is -4.52. The first kappa shape index (κ1) is 30.4. The van der Waals surface area contributed by atoms with E-state index in [1.807, 2.05) is 6.07 Å². The molecule has 0 aliphatic heterocycles. The number of nitrogens with one attached hydrogen (secondary N) is 1. The molecule has 13 heteroatoms. The molecule has 1 heterocycles. The lowest BCUT2D eigenvalue weighted by Gasteiger charge is -2.23. The van der Waals surface area contributed by atoms with Crippen LogP contribution in [0.1, 0.15) is 27.9 Å². The minimum absolute atomic E-state index is 0.0268. The van der Waals surface area contributed by atoms with Gasteiger partial charge in [0.25, 0.3) is 5.91 Å². The highest BCUT2D eigenvalue weighted by atomic mass is 32.1. The van der Waals surface area contributed by atoms with Crippen molar-refractivity contribution in [3.63, 3.8) is 0 Å². The van der Waals surface area contributed by atoms with Crippen molar-refractivity contribution >= 4 is 28.3 Å². The van der Waals surface area contributed by atoms with Gasteiger partial charge < -0.3 is 19.7 Å². The first-order chi connectivity index (χ1) is 20.1. The van der Waals surface area contributed by atoms with Gasteiger partial charge in [-0.05, 0) is 54.4 Å². The number of amides is 2. The molecule has 8 nitrogen and oxygen atoms in total. The molecule has 0 saturated carbocycles. The van der Waals surface area contributed by atoms with Gasteiger partial charge in [0.1, 0.15) is 10.8 Å². The normalized spacial score (nSPS) is 11.2. The van der Waals surface area contributed by atoms with Crippen LogP contribution >= 0.6 is 11.3 Å². The number of carbonyl (C=O) groups excluding carboxylic acids is 2. The van der Waals surface area contributed by atoms with Crippen LogP contribution < -0.4 is 14.8 Å². The number of ether oxygens (including phenoxy) is 2. The second kappa shape index (κ2) is 13.4. The van der Waals surface area contributed by atoms with E-state index in [0.29, 0.717) is 28.5 Å². The van der Waals surface area contributed by atoms with Gasteiger partial charge in [-0.1, -0.05) is 35.6 Å². The zero-order chi connectivity index (χ0) is 30.3. The zero-order valence-corrected chi connectivity index (χ0v) is 23.4. The molecular weight excluding hydrogens is 576 g/mol. The highest BCUT2D eigenvalue weighted by Crippen LogP contribution is 2.32. The van der Waals surface area contributed by atoms with E-state index in [9.17, 15) is 27.2 Å². The largest absolute Gasteiger partial charge is 0.493 e. The molecule has 0 unspecified atom stereocenters. The number of aromatic nitrogens is 2. The van der Waals surface area contributed by atoms with Gasteiger partial charge in [-0.2, -0.15) is 13.2 Å². The molecule has 0 aliphatic carbocycles. The van der Waals surface area contributed by atoms with Crippen LogP contribution in [0.3, 0.4) is 0 Å². The Kier molecular flexibility index (Phi) is 9.73. The van der Waals surface area contributed by atoms with Crippen LogP contribution in [-0.2, 0) is 17.4 Å². The molecule has 220 valence electrons. The average Bonchev–Trinajstić information content (AvgIpc) is 3.44. The molecular formula is C29H26F4N4O4S. The second-order valence-corrected chi connectivity index (χ2v) is 10.0. The summed E-state index contributed by atoms with van der Waals surface area (Å²) in [7, 11) is 3.05. The minimum atomic E-state index is -4.45. The van der Waals surface area contributed by atoms with Crippen molar-refractivity contribution < 1.29 is 36.6 Å². The van der Waals surface area contributed by atoms with E-state index in [-0.39, 0.29) is 30.2 Å². The Balaban J connectivity index is 1.41. The number of hydrogen-bond acceptors (Lipinski definition) is 7. The summed E-state index contributed by atoms with van der Waals surface area (Å²) in [6.07, 6.45) is -4.12. The lowest BCUT2D eigenvalue weighted by molar-refractivity contribution is -0.137. The van der Waals surface area contributed by atoms with Gasteiger partial charge in [-0.25, -0.2) is 4.39 Å². The summed E-state index contributed by atoms with van der Waals surface area (Å²) in [5.41, 5.74) is 0.641. The van der Waals surface area contributed by atoms with Gasteiger partial charge in [-0.15, -0.1) is 10.2 Å². The molecule has 1 N–H and O–H groups in total. The summed E-state index contributed by atoms with van der Waals surface area (Å²) < 4.78 is 62.9. The SMILES string of the molecule is COc1ccc(CCN(CCC(=O)Nc2nnc(-c3ccc(C(F)(F)F)cc3)s2)C(=O)c2cccc(F)c2)cc1OC. The summed E-state index contributed by atoms with van der Waals surface area (Å²) in [5, 5.41) is 10.9. The molecule has 4 rings (SSSR count). The van der Waals surface area contributed by atoms with Crippen LogP contribution in [0.15, 0.2) is 66.7 Å². The Morgan fingerprint density at radius 3 is 2.33 bits per heavy atom. The number of alkyl halides is 3. The first-order valence-electron chi connectivity index (χ1n) is 12.6. The number of benzene rings is 3. The fourth-order valence-corrected chi connectivity index (χ4v) is 4.79. The summed E-state index contributed by atoms with van der Waals surface area (Å²) in [4.78, 5) is 27.4. The van der Waals surface area contributed by atoms with Crippen molar-refractivity contribution in [2.24, 2.45) is 0 Å². The maximum Gasteiger partial charge on any atom is 0.416 e. The van der Waals surface area contributed by atoms with Crippen molar-refractivity contribution in [2.45, 2.75) is 19.0 Å². The first-order valence-corrected chi connectivity index (χ1v) is 13.5. The molecule has 3 aromatic carbocycles. The van der Waals surface area contributed by atoms with Gasteiger partial charge >= 0.3 is 6.18 Å². The Labute approximate surface area is 242 Å². The van der Waals surface area contributed by atoms with Crippen LogP contribution in [0, 0.1) is 5.82 Å². The van der Waals surface area contributed by atoms with Gasteiger partial charge in [0, 0.05) is 30.6 Å². The van der Waals surface area contributed by atoms with Crippen molar-refractivity contribution in [2.75, 3.05) is 32.6 Å². The van der Waals surface area contributed by atoms with Crippen molar-refractivity contribution in [3.8, 4) is 22.1 Å². The lowest BCUT2D eigenvalue weighted by atomic mass is 10.1. The fraction of sp³-hybridized carbons (Fsp3) is 0.241. The summed E-state index contributed by atoms with van der Waals surface area (Å²) in [5.74, 6) is -0.357. The predicted octanol–water partition coefficient (Wildman–Crippen LogP) is 6.09. The molecule has 0 saturated heterocycles. The Morgan fingerprint density at radius 2 is 1.67 bits per heavy atom. The Morgan fingerprint density at radius 1 is 0.929 bits per heavy atom. The number of halogens is 4. The molecule has 42 heavy (non-hydrogen) atoms. The Bertz CT molecular complexity index is 1540. The molecule has 1 aromatic heterocycles. The van der Waals surface area contributed by atoms with E-state index in [2.05, 4.69) is 15.5 Å². The van der Waals surface area contributed by atoms with Crippen molar-refractivity contribution in [1.82, 2.24) is 15.1 Å². The monoisotopic (exact) mass is 602 g/mol. The zero-order valence-electron chi connectivity index (χ0n) is 22.6. The van der Waals surface area contributed by atoms with Crippen LogP contribution in [0.25, 0.3) is 10.6 Å². The molecule has 0 spiro atoms. The maximum absolute atomic E-state index is 13.8. The number of hydrogen-bond donors (Lipinski definition) is 1. The molecule has 0 atom stereocenters. The average molecular weight is 603 g/mol. The summed E-state index contributed by atoms with van der Waals surface area (Å²) in [6.45, 7) is 0.258. The third kappa shape index (κ3) is 7.81.